The van der Waals surface area contributed by atoms with Crippen LogP contribution in [0.5, 0.6) is 0 Å². The Balaban J connectivity index is 0.000000151. The molecule has 0 amide bonds. The maximum atomic E-state index is 12.2. The Kier molecular flexibility index (Phi) is 5.42. The summed E-state index contributed by atoms with van der Waals surface area (Å²) in [6.45, 7) is 3.09. The van der Waals surface area contributed by atoms with E-state index in [-0.39, 0.29) is 12.8 Å². The minimum absolute atomic E-state index is 0.00694. The molecule has 3 nitrogen and oxygen atoms in total. The second-order valence-electron chi connectivity index (χ2n) is 3.96. The van der Waals surface area contributed by atoms with Gasteiger partial charge in [-0.05, 0) is 13.0 Å². The van der Waals surface area contributed by atoms with Gasteiger partial charge in [-0.1, -0.05) is 0 Å². The number of methoxy groups -OCH3 is 1. The fourth-order valence-corrected chi connectivity index (χ4v) is 1.62. The third-order valence-corrected chi connectivity index (χ3v) is 2.68. The molecule has 0 radical (unpaired) electrons. The predicted octanol–water partition coefficient (Wildman–Crippen LogP) is 1.000. The second-order valence-corrected chi connectivity index (χ2v) is 3.96. The number of alkyl halides is 2. The highest BCUT2D eigenvalue weighted by atomic mass is 19.3. The van der Waals surface area contributed by atoms with E-state index in [2.05, 4.69) is 10.6 Å². The molecule has 2 aliphatic heterocycles. The average molecular weight is 222 g/mol. The van der Waals surface area contributed by atoms with Gasteiger partial charge in [-0.3, -0.25) is 0 Å². The SMILES string of the molecule is COC1CCNC1.FC1(F)CCNCC1. The van der Waals surface area contributed by atoms with Crippen LogP contribution >= 0.6 is 0 Å². The molecular formula is C10H20F2N2O. The van der Waals surface area contributed by atoms with Crippen molar-refractivity contribution in [2.75, 3.05) is 33.3 Å². The van der Waals surface area contributed by atoms with Gasteiger partial charge >= 0.3 is 0 Å². The molecule has 0 aromatic heterocycles. The zero-order chi connectivity index (χ0) is 11.1. The van der Waals surface area contributed by atoms with Crippen molar-refractivity contribution in [2.24, 2.45) is 0 Å². The van der Waals surface area contributed by atoms with Crippen LogP contribution in [-0.4, -0.2) is 45.3 Å². The molecule has 15 heavy (non-hydrogen) atoms. The number of piperidine rings is 1. The normalized spacial score (nSPS) is 29.4. The summed E-state index contributed by atoms with van der Waals surface area (Å²) >= 11 is 0. The van der Waals surface area contributed by atoms with Gasteiger partial charge in [0.15, 0.2) is 0 Å². The van der Waals surface area contributed by atoms with Crippen molar-refractivity contribution >= 4 is 0 Å². The largest absolute Gasteiger partial charge is 0.380 e. The summed E-state index contributed by atoms with van der Waals surface area (Å²) in [6.07, 6.45) is 1.68. The first-order chi connectivity index (χ1) is 7.14. The average Bonchev–Trinajstić information content (AvgIpc) is 2.70. The van der Waals surface area contributed by atoms with E-state index in [4.69, 9.17) is 4.74 Å². The fourth-order valence-electron chi connectivity index (χ4n) is 1.62. The van der Waals surface area contributed by atoms with Crippen LogP contribution in [0.1, 0.15) is 19.3 Å². The van der Waals surface area contributed by atoms with Crippen LogP contribution in [0.15, 0.2) is 0 Å². The Morgan fingerprint density at radius 3 is 2.07 bits per heavy atom. The highest BCUT2D eigenvalue weighted by molar-refractivity contribution is 4.73. The van der Waals surface area contributed by atoms with E-state index in [0.29, 0.717) is 19.2 Å². The van der Waals surface area contributed by atoms with Crippen molar-refractivity contribution in [3.63, 3.8) is 0 Å². The van der Waals surface area contributed by atoms with Crippen LogP contribution in [0, 0.1) is 0 Å². The Morgan fingerprint density at radius 2 is 1.80 bits per heavy atom. The van der Waals surface area contributed by atoms with Gasteiger partial charge in [-0.15, -0.1) is 0 Å². The first kappa shape index (κ1) is 12.8. The van der Waals surface area contributed by atoms with Crippen molar-refractivity contribution in [1.82, 2.24) is 10.6 Å². The van der Waals surface area contributed by atoms with E-state index < -0.39 is 5.92 Å². The van der Waals surface area contributed by atoms with Gasteiger partial charge < -0.3 is 15.4 Å². The number of rotatable bonds is 1. The molecule has 2 fully saturated rings. The van der Waals surface area contributed by atoms with Crippen LogP contribution < -0.4 is 10.6 Å². The lowest BCUT2D eigenvalue weighted by Gasteiger charge is -2.21. The minimum atomic E-state index is -2.38. The monoisotopic (exact) mass is 222 g/mol. The second kappa shape index (κ2) is 6.35. The molecule has 2 heterocycles. The first-order valence-electron chi connectivity index (χ1n) is 5.46. The molecule has 5 heteroatoms. The number of halogens is 2. The molecule has 0 aromatic rings. The Morgan fingerprint density at radius 1 is 1.13 bits per heavy atom. The molecule has 90 valence electrons. The number of nitrogens with one attached hydrogen (secondary N) is 2. The van der Waals surface area contributed by atoms with E-state index in [1.807, 2.05) is 0 Å². The van der Waals surface area contributed by atoms with Crippen LogP contribution in [0.4, 0.5) is 8.78 Å². The quantitative estimate of drug-likeness (QED) is 0.694. The van der Waals surface area contributed by atoms with Crippen molar-refractivity contribution in [2.45, 2.75) is 31.3 Å². The molecule has 1 atom stereocenters. The minimum Gasteiger partial charge on any atom is -0.380 e. The molecule has 2 rings (SSSR count). The van der Waals surface area contributed by atoms with Gasteiger partial charge in [0.1, 0.15) is 0 Å². The molecule has 0 spiro atoms. The summed E-state index contributed by atoms with van der Waals surface area (Å²) in [7, 11) is 1.76. The first-order valence-corrected chi connectivity index (χ1v) is 5.46. The summed E-state index contributed by atoms with van der Waals surface area (Å²) in [5.74, 6) is -2.38. The lowest BCUT2D eigenvalue weighted by atomic mass is 10.1. The standard InChI is InChI=1S/C5H9F2N.C5H11NO/c6-5(7)1-3-8-4-2-5;1-7-5-2-3-6-4-5/h8H,1-4H2;5-6H,2-4H2,1H3. The molecule has 2 aliphatic rings. The molecule has 0 aromatic carbocycles. The topological polar surface area (TPSA) is 33.3 Å². The molecule has 2 N–H and O–H groups in total. The summed E-state index contributed by atoms with van der Waals surface area (Å²) in [6, 6.07) is 0. The van der Waals surface area contributed by atoms with E-state index in [9.17, 15) is 8.78 Å². The fraction of sp³-hybridized carbons (Fsp3) is 1.00. The molecule has 2 saturated heterocycles. The molecular weight excluding hydrogens is 202 g/mol. The lowest BCUT2D eigenvalue weighted by Crippen LogP contribution is -2.35. The summed E-state index contributed by atoms with van der Waals surface area (Å²) in [4.78, 5) is 0. The van der Waals surface area contributed by atoms with Gasteiger partial charge in [-0.2, -0.15) is 0 Å². The van der Waals surface area contributed by atoms with Crippen LogP contribution in [0.2, 0.25) is 0 Å². The summed E-state index contributed by atoms with van der Waals surface area (Å²) < 4.78 is 29.4. The van der Waals surface area contributed by atoms with E-state index >= 15 is 0 Å². The third-order valence-electron chi connectivity index (χ3n) is 2.68. The van der Waals surface area contributed by atoms with Crippen molar-refractivity contribution in [3.8, 4) is 0 Å². The van der Waals surface area contributed by atoms with Gasteiger partial charge in [0.2, 0.25) is 0 Å². The predicted molar refractivity (Wildman–Crippen MR) is 55.3 cm³/mol. The van der Waals surface area contributed by atoms with E-state index in [1.54, 1.807) is 7.11 Å². The van der Waals surface area contributed by atoms with E-state index in [0.717, 1.165) is 13.1 Å². The van der Waals surface area contributed by atoms with Gasteiger partial charge in [-0.25, -0.2) is 8.78 Å². The summed E-state index contributed by atoms with van der Waals surface area (Å²) in [5, 5.41) is 6.06. The van der Waals surface area contributed by atoms with Crippen LogP contribution in [0.3, 0.4) is 0 Å². The number of hydrogen-bond acceptors (Lipinski definition) is 3. The number of ether oxygens (including phenoxy) is 1. The molecule has 1 unspecified atom stereocenters. The summed E-state index contributed by atoms with van der Waals surface area (Å²) in [5.41, 5.74) is 0. The maximum Gasteiger partial charge on any atom is 0.250 e. The third kappa shape index (κ3) is 5.39. The Labute approximate surface area is 89.6 Å². The van der Waals surface area contributed by atoms with Gasteiger partial charge in [0.25, 0.3) is 5.92 Å². The number of hydrogen-bond donors (Lipinski definition) is 2. The van der Waals surface area contributed by atoms with Crippen LogP contribution in [0.25, 0.3) is 0 Å². The smallest absolute Gasteiger partial charge is 0.250 e. The molecule has 0 bridgehead atoms. The van der Waals surface area contributed by atoms with Crippen molar-refractivity contribution in [1.29, 1.82) is 0 Å². The highest BCUT2D eigenvalue weighted by Crippen LogP contribution is 2.23. The van der Waals surface area contributed by atoms with Crippen molar-refractivity contribution < 1.29 is 13.5 Å². The van der Waals surface area contributed by atoms with E-state index in [1.165, 1.54) is 6.42 Å². The zero-order valence-corrected chi connectivity index (χ0v) is 9.19. The Bertz CT molecular complexity index is 165. The maximum absolute atomic E-state index is 12.2. The van der Waals surface area contributed by atoms with Crippen LogP contribution in [-0.2, 0) is 4.74 Å². The Hall–Kier alpha value is -0.260. The highest BCUT2D eigenvalue weighted by Gasteiger charge is 2.30. The van der Waals surface area contributed by atoms with Gasteiger partial charge in [0, 0.05) is 39.6 Å². The zero-order valence-electron chi connectivity index (χ0n) is 9.19. The van der Waals surface area contributed by atoms with Gasteiger partial charge in [0.05, 0.1) is 6.10 Å². The lowest BCUT2D eigenvalue weighted by molar-refractivity contribution is -0.0274. The molecule has 0 saturated carbocycles. The molecule has 0 aliphatic carbocycles. The van der Waals surface area contributed by atoms with Crippen molar-refractivity contribution in [3.05, 3.63) is 0 Å².